The standard InChI is InChI=1S/C34H31F3N6O2/c1-20-11-12-28(40-32(45)22-7-5-8-25(15-22)34(35,36)37)17-29(20)23-13-21(2)31-24(14-23)18-38-33(42-31)41-27-10-6-9-26(16-27)39-30(44)19-43(3)4/h5-18H,19H2,1-4H3,(H,39,44)(H,40,45)(H,38,41,42). The van der Waals surface area contributed by atoms with Gasteiger partial charge in [0.15, 0.2) is 0 Å². The summed E-state index contributed by atoms with van der Waals surface area (Å²) in [6.07, 6.45) is -2.82. The zero-order valence-corrected chi connectivity index (χ0v) is 25.1. The molecule has 2 amide bonds. The van der Waals surface area contributed by atoms with Crippen molar-refractivity contribution in [3.05, 3.63) is 107 Å². The maximum Gasteiger partial charge on any atom is 0.416 e. The molecule has 0 bridgehead atoms. The highest BCUT2D eigenvalue weighted by Gasteiger charge is 2.31. The average Bonchev–Trinajstić information content (AvgIpc) is 2.97. The third-order valence-electron chi connectivity index (χ3n) is 6.99. The van der Waals surface area contributed by atoms with E-state index in [0.717, 1.165) is 45.3 Å². The fourth-order valence-corrected chi connectivity index (χ4v) is 4.88. The van der Waals surface area contributed by atoms with Gasteiger partial charge in [-0.2, -0.15) is 13.2 Å². The average molecular weight is 613 g/mol. The molecule has 11 heteroatoms. The number of carbonyl (C=O) groups excluding carboxylic acids is 2. The zero-order valence-electron chi connectivity index (χ0n) is 25.1. The van der Waals surface area contributed by atoms with Crippen molar-refractivity contribution < 1.29 is 22.8 Å². The molecule has 0 aliphatic carbocycles. The number of halogens is 3. The van der Waals surface area contributed by atoms with Gasteiger partial charge < -0.3 is 20.9 Å². The van der Waals surface area contributed by atoms with Crippen molar-refractivity contribution in [2.45, 2.75) is 20.0 Å². The van der Waals surface area contributed by atoms with Gasteiger partial charge in [-0.1, -0.05) is 18.2 Å². The van der Waals surface area contributed by atoms with E-state index in [0.29, 0.717) is 23.0 Å². The molecule has 0 atom stereocenters. The minimum atomic E-state index is -4.54. The number of rotatable bonds is 8. The number of anilines is 4. The Morgan fingerprint density at radius 3 is 2.31 bits per heavy atom. The predicted molar refractivity (Wildman–Crippen MR) is 171 cm³/mol. The summed E-state index contributed by atoms with van der Waals surface area (Å²) in [7, 11) is 3.65. The first-order valence-electron chi connectivity index (χ1n) is 14.0. The molecule has 0 spiro atoms. The highest BCUT2D eigenvalue weighted by molar-refractivity contribution is 6.04. The van der Waals surface area contributed by atoms with Crippen LogP contribution in [0.15, 0.2) is 85.1 Å². The Labute approximate surface area is 258 Å². The van der Waals surface area contributed by atoms with Crippen LogP contribution in [0.1, 0.15) is 27.0 Å². The van der Waals surface area contributed by atoms with Gasteiger partial charge in [-0.15, -0.1) is 0 Å². The van der Waals surface area contributed by atoms with E-state index in [1.165, 1.54) is 12.1 Å². The Bertz CT molecular complexity index is 1910. The topological polar surface area (TPSA) is 99.2 Å². The Kier molecular flexibility index (Phi) is 8.82. The van der Waals surface area contributed by atoms with Crippen LogP contribution < -0.4 is 16.0 Å². The summed E-state index contributed by atoms with van der Waals surface area (Å²) in [4.78, 5) is 35.9. The highest BCUT2D eigenvalue weighted by Crippen LogP contribution is 2.32. The van der Waals surface area contributed by atoms with Crippen LogP contribution in [0.4, 0.5) is 36.2 Å². The highest BCUT2D eigenvalue weighted by atomic mass is 19.4. The SMILES string of the molecule is Cc1ccc(NC(=O)c2cccc(C(F)(F)F)c2)cc1-c1cc(C)c2nc(Nc3cccc(NC(=O)CN(C)C)c3)ncc2c1. The number of nitrogens with one attached hydrogen (secondary N) is 3. The molecular formula is C34H31F3N6O2. The first kappa shape index (κ1) is 31.1. The summed E-state index contributed by atoms with van der Waals surface area (Å²) in [5, 5.41) is 9.58. The third-order valence-corrected chi connectivity index (χ3v) is 6.99. The lowest BCUT2D eigenvalue weighted by Gasteiger charge is -2.14. The van der Waals surface area contributed by atoms with E-state index in [4.69, 9.17) is 4.98 Å². The van der Waals surface area contributed by atoms with Gasteiger partial charge in [0.25, 0.3) is 5.91 Å². The van der Waals surface area contributed by atoms with Gasteiger partial charge in [0.2, 0.25) is 11.9 Å². The van der Waals surface area contributed by atoms with Crippen LogP contribution in [0.25, 0.3) is 22.0 Å². The molecule has 3 N–H and O–H groups in total. The molecule has 0 saturated heterocycles. The van der Waals surface area contributed by atoms with Crippen LogP contribution >= 0.6 is 0 Å². The van der Waals surface area contributed by atoms with Gasteiger partial charge in [-0.25, -0.2) is 9.97 Å². The minimum Gasteiger partial charge on any atom is -0.325 e. The van der Waals surface area contributed by atoms with Gasteiger partial charge in [-0.3, -0.25) is 9.59 Å². The molecule has 0 aliphatic rings. The Morgan fingerprint density at radius 2 is 1.56 bits per heavy atom. The van der Waals surface area contributed by atoms with Crippen molar-refractivity contribution in [1.29, 1.82) is 0 Å². The molecule has 0 unspecified atom stereocenters. The van der Waals surface area contributed by atoms with Crippen LogP contribution in [0, 0.1) is 13.8 Å². The summed E-state index contributed by atoms with van der Waals surface area (Å²) in [5.41, 5.74) is 5.15. The Balaban J connectivity index is 1.36. The lowest BCUT2D eigenvalue weighted by molar-refractivity contribution is -0.137. The van der Waals surface area contributed by atoms with Crippen LogP contribution in [-0.2, 0) is 11.0 Å². The number of alkyl halides is 3. The summed E-state index contributed by atoms with van der Waals surface area (Å²) in [6, 6.07) is 20.9. The molecule has 8 nitrogen and oxygen atoms in total. The van der Waals surface area contributed by atoms with Gasteiger partial charge in [0.1, 0.15) is 0 Å². The van der Waals surface area contributed by atoms with Crippen molar-refractivity contribution in [2.24, 2.45) is 0 Å². The molecule has 5 aromatic rings. The van der Waals surface area contributed by atoms with E-state index in [1.807, 2.05) is 58.3 Å². The Morgan fingerprint density at radius 1 is 0.822 bits per heavy atom. The first-order valence-corrected chi connectivity index (χ1v) is 14.0. The molecule has 0 saturated carbocycles. The predicted octanol–water partition coefficient (Wildman–Crippen LogP) is 7.43. The van der Waals surface area contributed by atoms with Crippen LogP contribution in [0.5, 0.6) is 0 Å². The number of amides is 2. The molecule has 1 aromatic heterocycles. The quantitative estimate of drug-likeness (QED) is 0.169. The number of aromatic nitrogens is 2. The Hall–Kier alpha value is -5.29. The van der Waals surface area contributed by atoms with Gasteiger partial charge in [0.05, 0.1) is 17.6 Å². The third kappa shape index (κ3) is 7.63. The van der Waals surface area contributed by atoms with Crippen LogP contribution in [-0.4, -0.2) is 47.3 Å². The second-order valence-electron chi connectivity index (χ2n) is 11.0. The molecule has 0 fully saturated rings. The molecule has 1 heterocycles. The van der Waals surface area contributed by atoms with E-state index in [-0.39, 0.29) is 18.0 Å². The van der Waals surface area contributed by atoms with Crippen molar-refractivity contribution in [2.75, 3.05) is 36.6 Å². The second kappa shape index (κ2) is 12.7. The fourth-order valence-electron chi connectivity index (χ4n) is 4.88. The smallest absolute Gasteiger partial charge is 0.325 e. The molecule has 5 rings (SSSR count). The monoisotopic (exact) mass is 612 g/mol. The lowest BCUT2D eigenvalue weighted by Crippen LogP contribution is -2.27. The number of benzene rings is 4. The van der Waals surface area contributed by atoms with E-state index < -0.39 is 17.6 Å². The fraction of sp³-hybridized carbons (Fsp3) is 0.176. The van der Waals surface area contributed by atoms with E-state index >= 15 is 0 Å². The number of carbonyl (C=O) groups is 2. The summed E-state index contributed by atoms with van der Waals surface area (Å²) in [6.45, 7) is 4.15. The normalized spacial score (nSPS) is 11.5. The number of likely N-dealkylation sites (N-methyl/N-ethyl adjacent to an activating group) is 1. The zero-order chi connectivity index (χ0) is 32.3. The summed E-state index contributed by atoms with van der Waals surface area (Å²) >= 11 is 0. The van der Waals surface area contributed by atoms with Crippen molar-refractivity contribution in [3.63, 3.8) is 0 Å². The summed E-state index contributed by atoms with van der Waals surface area (Å²) in [5.74, 6) is -0.365. The van der Waals surface area contributed by atoms with Crippen LogP contribution in [0.2, 0.25) is 0 Å². The van der Waals surface area contributed by atoms with Crippen molar-refractivity contribution in [1.82, 2.24) is 14.9 Å². The van der Waals surface area contributed by atoms with Crippen molar-refractivity contribution in [3.8, 4) is 11.1 Å². The van der Waals surface area contributed by atoms with E-state index in [9.17, 15) is 22.8 Å². The van der Waals surface area contributed by atoms with Crippen LogP contribution in [0.3, 0.4) is 0 Å². The number of hydrogen-bond acceptors (Lipinski definition) is 6. The maximum absolute atomic E-state index is 13.1. The van der Waals surface area contributed by atoms with Gasteiger partial charge in [-0.05, 0) is 111 Å². The molecular weight excluding hydrogens is 581 g/mol. The first-order chi connectivity index (χ1) is 21.4. The van der Waals surface area contributed by atoms with E-state index in [1.54, 1.807) is 35.4 Å². The largest absolute Gasteiger partial charge is 0.416 e. The van der Waals surface area contributed by atoms with E-state index in [2.05, 4.69) is 20.9 Å². The second-order valence-corrected chi connectivity index (χ2v) is 11.0. The van der Waals surface area contributed by atoms with Crippen molar-refractivity contribution >= 4 is 45.7 Å². The molecule has 45 heavy (non-hydrogen) atoms. The lowest BCUT2D eigenvalue weighted by atomic mass is 9.96. The molecule has 0 aliphatic heterocycles. The molecule has 4 aromatic carbocycles. The number of hydrogen-bond donors (Lipinski definition) is 3. The molecule has 230 valence electrons. The van der Waals surface area contributed by atoms with Gasteiger partial charge >= 0.3 is 6.18 Å². The maximum atomic E-state index is 13.1. The van der Waals surface area contributed by atoms with Gasteiger partial charge in [0, 0.05) is 34.2 Å². The summed E-state index contributed by atoms with van der Waals surface area (Å²) < 4.78 is 39.4. The number of nitrogens with zero attached hydrogens (tertiary/aromatic N) is 3. The minimum absolute atomic E-state index is 0.0872. The molecule has 0 radical (unpaired) electrons. The number of aryl methyl sites for hydroxylation is 2. The number of fused-ring (bicyclic) bond motifs is 1.